The Hall–Kier alpha value is -4.97. The molecule has 4 aromatic carbocycles. The van der Waals surface area contributed by atoms with Gasteiger partial charge < -0.3 is 24.6 Å². The fourth-order valence-electron chi connectivity index (χ4n) is 5.75. The van der Waals surface area contributed by atoms with Crippen LogP contribution in [0.5, 0.6) is 0 Å². The maximum atomic E-state index is 8.88. The number of aromatic nitrogens is 1. The van der Waals surface area contributed by atoms with E-state index in [-0.39, 0.29) is 21.1 Å². The Morgan fingerprint density at radius 1 is 0.667 bits per heavy atom. The van der Waals surface area contributed by atoms with Gasteiger partial charge in [0.25, 0.3) is 0 Å². The van der Waals surface area contributed by atoms with Crippen LogP contribution in [0.2, 0.25) is 0 Å². The molecule has 7 nitrogen and oxygen atoms in total. The summed E-state index contributed by atoms with van der Waals surface area (Å²) < 4.78 is 0. The van der Waals surface area contributed by atoms with E-state index in [0.717, 1.165) is 33.2 Å². The summed E-state index contributed by atoms with van der Waals surface area (Å²) in [6, 6.07) is 27.5. The van der Waals surface area contributed by atoms with Crippen LogP contribution in [0.1, 0.15) is 27.8 Å². The Bertz CT molecular complexity index is 1910. The molecule has 0 spiro atoms. The summed E-state index contributed by atoms with van der Waals surface area (Å²) in [6.07, 6.45) is 8.20. The van der Waals surface area contributed by atoms with Crippen LogP contribution in [0.4, 0.5) is 11.4 Å². The van der Waals surface area contributed by atoms with E-state index in [9.17, 15) is 0 Å². The number of aryl methyl sites for hydroxylation is 3. The van der Waals surface area contributed by atoms with E-state index >= 15 is 0 Å². The van der Waals surface area contributed by atoms with Crippen LogP contribution in [0, 0.1) is 62.8 Å². The van der Waals surface area contributed by atoms with Crippen molar-refractivity contribution in [3.8, 4) is 23.3 Å². The predicted octanol–water partition coefficient (Wildman–Crippen LogP) is 7.45. The van der Waals surface area contributed by atoms with Crippen molar-refractivity contribution in [2.45, 2.75) is 20.8 Å². The number of fused-ring (bicyclic) bond motifs is 3. The Labute approximate surface area is 279 Å². The number of rotatable bonds is 3. The summed E-state index contributed by atoms with van der Waals surface area (Å²) >= 11 is 0. The van der Waals surface area contributed by atoms with Crippen LogP contribution in [0.15, 0.2) is 85.5 Å². The van der Waals surface area contributed by atoms with Crippen LogP contribution in [0.3, 0.4) is 0 Å². The number of anilines is 2. The molecule has 2 aliphatic heterocycles. The summed E-state index contributed by atoms with van der Waals surface area (Å²) in [5.74, 6) is 0. The number of hydrogen-bond donors (Lipinski definition) is 0. The molecule has 0 bridgehead atoms. The minimum atomic E-state index is 0. The molecule has 0 radical (unpaired) electrons. The van der Waals surface area contributed by atoms with Gasteiger partial charge in [-0.1, -0.05) is 29.8 Å². The zero-order chi connectivity index (χ0) is 31.0. The van der Waals surface area contributed by atoms with Crippen molar-refractivity contribution >= 4 is 33.2 Å². The third-order valence-electron chi connectivity index (χ3n) is 7.68. The second-order valence-electron chi connectivity index (χ2n) is 11.2. The second kappa shape index (κ2) is 12.9. The minimum absolute atomic E-state index is 0. The van der Waals surface area contributed by atoms with Crippen LogP contribution in [-0.4, -0.2) is 23.9 Å². The van der Waals surface area contributed by atoms with Gasteiger partial charge in [-0.2, -0.15) is 23.9 Å². The van der Waals surface area contributed by atoms with E-state index in [0.29, 0.717) is 11.1 Å². The summed E-state index contributed by atoms with van der Waals surface area (Å²) in [6.45, 7) is 10.7. The Morgan fingerprint density at radius 2 is 1.13 bits per heavy atom. The molecule has 0 aliphatic carbocycles. The first-order valence-electron chi connectivity index (χ1n) is 14.3. The zero-order valence-corrected chi connectivity index (χ0v) is 28.0. The van der Waals surface area contributed by atoms with Crippen molar-refractivity contribution in [1.82, 2.24) is 14.8 Å². The molecule has 0 saturated heterocycles. The van der Waals surface area contributed by atoms with E-state index in [4.69, 9.17) is 10.5 Å². The molecule has 0 amide bonds. The first-order valence-corrected chi connectivity index (χ1v) is 14.3. The molecule has 1 aromatic heterocycles. The quantitative estimate of drug-likeness (QED) is 0.177. The van der Waals surface area contributed by atoms with Gasteiger partial charge in [0.1, 0.15) is 0 Å². The molecule has 0 fully saturated rings. The molecule has 3 heterocycles. The molecular formula is C37H31N7Pt. The van der Waals surface area contributed by atoms with Gasteiger partial charge in [0.2, 0.25) is 0 Å². The fraction of sp³-hybridized carbons (Fsp3) is 0.135. The molecule has 45 heavy (non-hydrogen) atoms. The molecule has 8 heteroatoms. The number of nitrogens with zero attached hydrogens (tertiary/aromatic N) is 7. The maximum Gasteiger partial charge on any atom is 4.00 e. The van der Waals surface area contributed by atoms with Crippen LogP contribution in [-0.2, 0) is 21.1 Å². The summed E-state index contributed by atoms with van der Waals surface area (Å²) in [7, 11) is 4.06. The third kappa shape index (κ3) is 6.46. The van der Waals surface area contributed by atoms with Crippen molar-refractivity contribution in [3.63, 3.8) is 0 Å². The van der Waals surface area contributed by atoms with E-state index in [2.05, 4.69) is 104 Å². The van der Waals surface area contributed by atoms with Gasteiger partial charge in [0.15, 0.2) is 0 Å². The third-order valence-corrected chi connectivity index (χ3v) is 7.68. The number of nitriles is 2. The predicted molar refractivity (Wildman–Crippen MR) is 176 cm³/mol. The van der Waals surface area contributed by atoms with Gasteiger partial charge in [-0.25, -0.2) is 0 Å². The standard InChI is InChI=1S/C23H25N4.C14H6N3.Pt/c1-17-10-18(2)23(19(3)11-17)20-12-21(26-8-6-24(4)15-26)14-22(13-20)27-9-7-25(5)16-27;15-7-9-1-3-13-11(5-9)12-6-10(8-16)2-4-14(12)17-13;/h6-13,15-16H,1-5H3;1-6H;/q-3;-1;+4. The van der Waals surface area contributed by atoms with Gasteiger partial charge in [-0.3, -0.25) is 0 Å². The number of benzene rings is 4. The largest absolute Gasteiger partial charge is 4.00 e. The monoisotopic (exact) mass is 768 g/mol. The van der Waals surface area contributed by atoms with Gasteiger partial charge in [0, 0.05) is 0 Å². The molecule has 0 unspecified atom stereocenters. The summed E-state index contributed by atoms with van der Waals surface area (Å²) in [4.78, 5) is 12.7. The average Bonchev–Trinajstić information content (AvgIpc) is 3.74. The molecular weight excluding hydrogens is 738 g/mol. The van der Waals surface area contributed by atoms with Crippen molar-refractivity contribution < 1.29 is 21.1 Å². The zero-order valence-electron chi connectivity index (χ0n) is 25.7. The number of hydrogen-bond acceptors (Lipinski definition) is 6. The van der Waals surface area contributed by atoms with E-state index < -0.39 is 0 Å². The smallest absolute Gasteiger partial charge is 0.657 e. The van der Waals surface area contributed by atoms with Crippen molar-refractivity contribution in [2.24, 2.45) is 0 Å². The average molecular weight is 769 g/mol. The van der Waals surface area contributed by atoms with E-state index in [1.54, 1.807) is 12.1 Å². The van der Waals surface area contributed by atoms with Crippen molar-refractivity contribution in [1.29, 1.82) is 10.5 Å². The Kier molecular flexibility index (Phi) is 9.05. The van der Waals surface area contributed by atoms with Gasteiger partial charge in [0.05, 0.1) is 23.3 Å². The second-order valence-corrected chi connectivity index (χ2v) is 11.2. The Balaban J connectivity index is 0.000000192. The van der Waals surface area contributed by atoms with Crippen LogP contribution < -0.4 is 14.8 Å². The molecule has 0 atom stereocenters. The fourth-order valence-corrected chi connectivity index (χ4v) is 5.75. The maximum absolute atomic E-state index is 8.88. The first kappa shape index (κ1) is 31.5. The SMILES string of the molecule is Cc1cc(C)c(-c2cc(N3C=CN(C)[CH-]3)[c-]c(N3C=CN(C)[CH-]3)c2)c(C)c1.N#Cc1ccc2[n-]c3ccc(C#N)cc3c2c1.[Pt+4]. The van der Waals surface area contributed by atoms with Crippen molar-refractivity contribution in [3.05, 3.63) is 133 Å². The molecule has 7 rings (SSSR count). The first-order chi connectivity index (χ1) is 21.2. The minimum Gasteiger partial charge on any atom is -0.657 e. The molecule has 224 valence electrons. The van der Waals surface area contributed by atoms with E-state index in [1.807, 2.05) is 60.6 Å². The molecule has 5 aromatic rings. The van der Waals surface area contributed by atoms with Gasteiger partial charge in [-0.05, 0) is 111 Å². The van der Waals surface area contributed by atoms with Crippen LogP contribution in [0.25, 0.3) is 32.9 Å². The topological polar surface area (TPSA) is 74.6 Å². The molecule has 0 saturated carbocycles. The molecule has 2 aliphatic rings. The summed E-state index contributed by atoms with van der Waals surface area (Å²) in [5, 5.41) is 19.6. The van der Waals surface area contributed by atoms with Crippen molar-refractivity contribution in [2.75, 3.05) is 23.9 Å². The van der Waals surface area contributed by atoms with Gasteiger partial charge >= 0.3 is 21.1 Å². The van der Waals surface area contributed by atoms with Gasteiger partial charge in [-0.15, -0.1) is 46.2 Å². The van der Waals surface area contributed by atoms with E-state index in [1.165, 1.54) is 27.8 Å². The van der Waals surface area contributed by atoms with Crippen LogP contribution >= 0.6 is 0 Å². The molecule has 0 N–H and O–H groups in total. The Morgan fingerprint density at radius 3 is 1.53 bits per heavy atom. The summed E-state index contributed by atoms with van der Waals surface area (Å²) in [5.41, 5.74) is 11.4. The normalized spacial score (nSPS) is 13.6.